The van der Waals surface area contributed by atoms with Crippen LogP contribution >= 0.6 is 0 Å². The molecule has 0 spiro atoms. The van der Waals surface area contributed by atoms with Crippen LogP contribution < -0.4 is 5.73 Å². The van der Waals surface area contributed by atoms with E-state index in [2.05, 4.69) is 31.2 Å². The van der Waals surface area contributed by atoms with Crippen LogP contribution in [0.4, 0.5) is 0 Å². The fourth-order valence-electron chi connectivity index (χ4n) is 2.61. The highest BCUT2D eigenvalue weighted by Gasteiger charge is 2.22. The Morgan fingerprint density at radius 1 is 0.769 bits per heavy atom. The zero-order valence-electron chi connectivity index (χ0n) is 17.0. The predicted octanol–water partition coefficient (Wildman–Crippen LogP) is 4.50. The fourth-order valence-corrected chi connectivity index (χ4v) is 2.61. The average Bonchev–Trinajstić information content (AvgIpc) is 2.66. The molecule has 0 heterocycles. The molecule has 0 radical (unpaired) electrons. The van der Waals surface area contributed by atoms with Crippen molar-refractivity contribution in [1.29, 1.82) is 0 Å². The van der Waals surface area contributed by atoms with E-state index in [1.54, 1.807) is 0 Å². The molecule has 0 aliphatic rings. The van der Waals surface area contributed by atoms with Crippen molar-refractivity contribution >= 4 is 0 Å². The first-order chi connectivity index (χ1) is 12.7. The highest BCUT2D eigenvalue weighted by atomic mass is 16.5. The first-order valence-corrected chi connectivity index (χ1v) is 10.6. The molecule has 0 aromatic rings. The maximum atomic E-state index is 9.06. The maximum absolute atomic E-state index is 9.06. The number of hydrogen-bond acceptors (Lipinski definition) is 4. The number of allylic oxidation sites excluding steroid dienone is 4. The largest absolute Gasteiger partial charge is 0.394 e. The van der Waals surface area contributed by atoms with Gasteiger partial charge in [0, 0.05) is 6.61 Å². The van der Waals surface area contributed by atoms with E-state index in [0.717, 1.165) is 19.3 Å². The Hall–Kier alpha value is -0.680. The van der Waals surface area contributed by atoms with E-state index >= 15 is 0 Å². The van der Waals surface area contributed by atoms with Gasteiger partial charge in [0.2, 0.25) is 0 Å². The van der Waals surface area contributed by atoms with Gasteiger partial charge < -0.3 is 20.7 Å². The van der Waals surface area contributed by atoms with Crippen molar-refractivity contribution in [2.24, 2.45) is 5.73 Å². The van der Waals surface area contributed by atoms with Gasteiger partial charge in [-0.1, -0.05) is 69.8 Å². The monoisotopic (exact) mass is 369 g/mol. The minimum absolute atomic E-state index is 0.209. The second-order valence-electron chi connectivity index (χ2n) is 7.32. The lowest BCUT2D eigenvalue weighted by molar-refractivity contribution is 0.0238. The number of nitrogens with two attached hydrogens (primary N) is 1. The Morgan fingerprint density at radius 2 is 1.31 bits per heavy atom. The summed E-state index contributed by atoms with van der Waals surface area (Å²) in [6.07, 6.45) is 23.9. The molecule has 0 atom stereocenters. The molecule has 4 N–H and O–H groups in total. The standard InChI is InChI=1S/C22H43NO3/c1-2-3-4-5-6-7-8-9-10-11-12-13-14-15-16-17-18-26-21-22(23,19-24)20-25/h6-7,9-10,24-25H,2-5,8,11-21,23H2,1H3/b7-6?,10-9-. The summed E-state index contributed by atoms with van der Waals surface area (Å²) in [5, 5.41) is 18.1. The molecule has 0 saturated carbocycles. The summed E-state index contributed by atoms with van der Waals surface area (Å²) in [5.74, 6) is 0. The van der Waals surface area contributed by atoms with Crippen LogP contribution in [0.1, 0.15) is 84.0 Å². The van der Waals surface area contributed by atoms with E-state index in [-0.39, 0.29) is 19.8 Å². The summed E-state index contributed by atoms with van der Waals surface area (Å²) >= 11 is 0. The molecule has 0 aliphatic carbocycles. The summed E-state index contributed by atoms with van der Waals surface area (Å²) < 4.78 is 5.44. The van der Waals surface area contributed by atoms with Crippen molar-refractivity contribution in [1.82, 2.24) is 0 Å². The van der Waals surface area contributed by atoms with Gasteiger partial charge in [-0.25, -0.2) is 0 Å². The third-order valence-electron chi connectivity index (χ3n) is 4.51. The molecule has 0 saturated heterocycles. The normalized spacial score (nSPS) is 12.6. The van der Waals surface area contributed by atoms with Crippen LogP contribution in [0.2, 0.25) is 0 Å². The van der Waals surface area contributed by atoms with E-state index in [0.29, 0.717) is 6.61 Å². The summed E-state index contributed by atoms with van der Waals surface area (Å²) in [7, 11) is 0. The Kier molecular flexibility index (Phi) is 18.6. The van der Waals surface area contributed by atoms with Crippen molar-refractivity contribution in [3.05, 3.63) is 24.3 Å². The van der Waals surface area contributed by atoms with Crippen LogP contribution in [0.5, 0.6) is 0 Å². The lowest BCUT2D eigenvalue weighted by atomic mass is 10.1. The van der Waals surface area contributed by atoms with Gasteiger partial charge >= 0.3 is 0 Å². The van der Waals surface area contributed by atoms with Crippen molar-refractivity contribution in [2.45, 2.75) is 89.5 Å². The Bertz CT molecular complexity index is 338. The highest BCUT2D eigenvalue weighted by Crippen LogP contribution is 2.09. The average molecular weight is 370 g/mol. The molecule has 4 nitrogen and oxygen atoms in total. The van der Waals surface area contributed by atoms with E-state index < -0.39 is 5.54 Å². The van der Waals surface area contributed by atoms with Gasteiger partial charge in [0.1, 0.15) is 0 Å². The zero-order chi connectivity index (χ0) is 19.3. The number of ether oxygens (including phenoxy) is 1. The van der Waals surface area contributed by atoms with E-state index in [1.165, 1.54) is 57.8 Å². The van der Waals surface area contributed by atoms with Gasteiger partial charge in [0.25, 0.3) is 0 Å². The lowest BCUT2D eigenvalue weighted by Gasteiger charge is -2.24. The van der Waals surface area contributed by atoms with Gasteiger partial charge in [-0.05, 0) is 38.5 Å². The third kappa shape index (κ3) is 16.8. The lowest BCUT2D eigenvalue weighted by Crippen LogP contribution is -2.51. The van der Waals surface area contributed by atoms with Crippen molar-refractivity contribution in [2.75, 3.05) is 26.4 Å². The molecule has 0 bridgehead atoms. The highest BCUT2D eigenvalue weighted by molar-refractivity contribution is 4.92. The maximum Gasteiger partial charge on any atom is 0.0859 e. The second-order valence-corrected chi connectivity index (χ2v) is 7.32. The van der Waals surface area contributed by atoms with Crippen LogP contribution in [0.3, 0.4) is 0 Å². The molecule has 0 fully saturated rings. The quantitative estimate of drug-likeness (QED) is 0.231. The van der Waals surface area contributed by atoms with Crippen molar-refractivity contribution in [3.63, 3.8) is 0 Å². The molecule has 0 rings (SSSR count). The number of unbranched alkanes of at least 4 members (excludes halogenated alkanes) is 9. The first-order valence-electron chi connectivity index (χ1n) is 10.6. The van der Waals surface area contributed by atoms with E-state index in [4.69, 9.17) is 20.7 Å². The van der Waals surface area contributed by atoms with Crippen molar-refractivity contribution in [3.8, 4) is 0 Å². The predicted molar refractivity (Wildman–Crippen MR) is 111 cm³/mol. The van der Waals surface area contributed by atoms with E-state index in [1.807, 2.05) is 0 Å². The fraction of sp³-hybridized carbons (Fsp3) is 0.818. The molecular formula is C22H43NO3. The number of aliphatic hydroxyl groups excluding tert-OH is 2. The van der Waals surface area contributed by atoms with Gasteiger partial charge in [0.15, 0.2) is 0 Å². The Labute approximate surface area is 161 Å². The SMILES string of the molecule is CCCCCC=CC/C=C\CCCCCCCCOCC(N)(CO)CO. The van der Waals surface area contributed by atoms with Crippen LogP contribution in [0.25, 0.3) is 0 Å². The first kappa shape index (κ1) is 25.3. The topological polar surface area (TPSA) is 75.7 Å². The third-order valence-corrected chi connectivity index (χ3v) is 4.51. The van der Waals surface area contributed by atoms with Crippen LogP contribution in [-0.4, -0.2) is 42.2 Å². The summed E-state index contributed by atoms with van der Waals surface area (Å²) in [6.45, 7) is 2.58. The molecule has 4 heteroatoms. The number of hydrogen-bond donors (Lipinski definition) is 3. The minimum atomic E-state index is -1.00. The minimum Gasteiger partial charge on any atom is -0.394 e. The molecular weight excluding hydrogens is 326 g/mol. The van der Waals surface area contributed by atoms with Crippen LogP contribution in [0.15, 0.2) is 24.3 Å². The molecule has 0 aromatic carbocycles. The zero-order valence-corrected chi connectivity index (χ0v) is 17.0. The summed E-state index contributed by atoms with van der Waals surface area (Å²) in [5.41, 5.74) is 4.73. The molecule has 0 aliphatic heterocycles. The Balaban J connectivity index is 3.27. The van der Waals surface area contributed by atoms with Gasteiger partial charge in [-0.15, -0.1) is 0 Å². The Morgan fingerprint density at radius 3 is 1.88 bits per heavy atom. The van der Waals surface area contributed by atoms with Gasteiger partial charge in [0.05, 0.1) is 25.4 Å². The molecule has 0 unspecified atom stereocenters. The smallest absolute Gasteiger partial charge is 0.0859 e. The molecule has 0 amide bonds. The second kappa shape index (κ2) is 19.1. The molecule has 26 heavy (non-hydrogen) atoms. The van der Waals surface area contributed by atoms with Crippen LogP contribution in [-0.2, 0) is 4.74 Å². The van der Waals surface area contributed by atoms with Gasteiger partial charge in [-0.3, -0.25) is 0 Å². The van der Waals surface area contributed by atoms with Crippen LogP contribution in [0, 0.1) is 0 Å². The number of rotatable bonds is 19. The summed E-state index contributed by atoms with van der Waals surface area (Å²) in [4.78, 5) is 0. The van der Waals surface area contributed by atoms with E-state index in [9.17, 15) is 0 Å². The van der Waals surface area contributed by atoms with Gasteiger partial charge in [-0.2, -0.15) is 0 Å². The number of aliphatic hydroxyl groups is 2. The van der Waals surface area contributed by atoms with Crippen molar-refractivity contribution < 1.29 is 14.9 Å². The molecule has 0 aromatic heterocycles. The summed E-state index contributed by atoms with van der Waals surface area (Å²) in [6, 6.07) is 0. The molecule has 154 valence electrons.